The number of nitrogens with zero attached hydrogens (tertiary/aromatic N) is 2. The van der Waals surface area contributed by atoms with Gasteiger partial charge in [-0.1, -0.05) is 18.2 Å². The Bertz CT molecular complexity index is 737. The first-order valence-electron chi connectivity index (χ1n) is 7.11. The first-order valence-corrected chi connectivity index (χ1v) is 7.11. The number of hydrogen-bond donors (Lipinski definition) is 0. The molecule has 2 rings (SSSR count). The molecular weight excluding hydrogens is 283 g/mol. The summed E-state index contributed by atoms with van der Waals surface area (Å²) in [7, 11) is 1.62. The van der Waals surface area contributed by atoms with Crippen molar-refractivity contribution >= 4 is 5.91 Å². The van der Waals surface area contributed by atoms with Crippen LogP contribution in [-0.4, -0.2) is 21.4 Å². The maximum atomic E-state index is 13.8. The zero-order valence-corrected chi connectivity index (χ0v) is 12.9. The lowest BCUT2D eigenvalue weighted by Crippen LogP contribution is -2.37. The predicted octanol–water partition coefficient (Wildman–Crippen LogP) is 2.58. The molecule has 2 aromatic rings. The standard InChI is InChI=1S/C17H19FN2O2/c1-12(2)20(11-14-6-4-5-7-15(14)18)17(22)13-8-9-19(3)16(21)10-13/h4-10,12H,11H2,1-3H3. The van der Waals surface area contributed by atoms with Gasteiger partial charge in [-0.3, -0.25) is 9.59 Å². The normalized spacial score (nSPS) is 10.8. The van der Waals surface area contributed by atoms with Crippen LogP contribution in [0.2, 0.25) is 0 Å². The number of halogens is 1. The molecular formula is C17H19FN2O2. The van der Waals surface area contributed by atoms with Crippen molar-refractivity contribution in [1.82, 2.24) is 9.47 Å². The van der Waals surface area contributed by atoms with Crippen LogP contribution in [0.15, 0.2) is 47.4 Å². The van der Waals surface area contributed by atoms with Crippen molar-refractivity contribution < 1.29 is 9.18 Å². The van der Waals surface area contributed by atoms with E-state index in [1.807, 2.05) is 13.8 Å². The number of hydrogen-bond acceptors (Lipinski definition) is 2. The molecule has 1 aromatic carbocycles. The van der Waals surface area contributed by atoms with Crippen LogP contribution in [0.1, 0.15) is 29.8 Å². The quantitative estimate of drug-likeness (QED) is 0.871. The molecule has 1 heterocycles. The van der Waals surface area contributed by atoms with Gasteiger partial charge in [-0.15, -0.1) is 0 Å². The van der Waals surface area contributed by atoms with Gasteiger partial charge < -0.3 is 9.47 Å². The van der Waals surface area contributed by atoms with E-state index in [-0.39, 0.29) is 29.9 Å². The minimum atomic E-state index is -0.343. The van der Waals surface area contributed by atoms with E-state index >= 15 is 0 Å². The highest BCUT2D eigenvalue weighted by atomic mass is 19.1. The molecule has 0 N–H and O–H groups in total. The first-order chi connectivity index (χ1) is 10.4. The smallest absolute Gasteiger partial charge is 0.254 e. The molecule has 22 heavy (non-hydrogen) atoms. The van der Waals surface area contributed by atoms with Crippen LogP contribution >= 0.6 is 0 Å². The maximum absolute atomic E-state index is 13.8. The highest BCUT2D eigenvalue weighted by Crippen LogP contribution is 2.15. The third kappa shape index (κ3) is 3.42. The summed E-state index contributed by atoms with van der Waals surface area (Å²) in [6.07, 6.45) is 1.55. The molecule has 0 unspecified atom stereocenters. The summed E-state index contributed by atoms with van der Waals surface area (Å²) in [5.41, 5.74) is 0.516. The summed E-state index contributed by atoms with van der Waals surface area (Å²) < 4.78 is 15.2. The van der Waals surface area contributed by atoms with Gasteiger partial charge in [0.2, 0.25) is 0 Å². The lowest BCUT2D eigenvalue weighted by atomic mass is 10.1. The average molecular weight is 302 g/mol. The van der Waals surface area contributed by atoms with E-state index in [9.17, 15) is 14.0 Å². The molecule has 0 aliphatic rings. The van der Waals surface area contributed by atoms with E-state index in [2.05, 4.69) is 0 Å². The second kappa shape index (κ2) is 6.56. The highest BCUT2D eigenvalue weighted by Gasteiger charge is 2.20. The molecule has 0 atom stereocenters. The summed E-state index contributed by atoms with van der Waals surface area (Å²) in [6, 6.07) is 9.16. The van der Waals surface area contributed by atoms with Gasteiger partial charge in [0, 0.05) is 43.0 Å². The van der Waals surface area contributed by atoms with Crippen LogP contribution in [0.3, 0.4) is 0 Å². The lowest BCUT2D eigenvalue weighted by Gasteiger charge is -2.27. The summed E-state index contributed by atoms with van der Waals surface area (Å²) in [4.78, 5) is 25.9. The summed E-state index contributed by atoms with van der Waals surface area (Å²) in [5.74, 6) is -0.624. The fourth-order valence-corrected chi connectivity index (χ4v) is 2.15. The molecule has 0 spiro atoms. The molecule has 0 fully saturated rings. The monoisotopic (exact) mass is 302 g/mol. The van der Waals surface area contributed by atoms with Crippen molar-refractivity contribution in [2.75, 3.05) is 0 Å². The van der Waals surface area contributed by atoms with Crippen LogP contribution in [-0.2, 0) is 13.6 Å². The fraction of sp³-hybridized carbons (Fsp3) is 0.294. The Morgan fingerprint density at radius 3 is 2.55 bits per heavy atom. The predicted molar refractivity (Wildman–Crippen MR) is 83.1 cm³/mol. The molecule has 116 valence electrons. The van der Waals surface area contributed by atoms with E-state index in [1.54, 1.807) is 42.4 Å². The minimum Gasteiger partial charge on any atom is -0.332 e. The Kier molecular flexibility index (Phi) is 4.75. The van der Waals surface area contributed by atoms with Gasteiger partial charge in [0.1, 0.15) is 5.82 Å². The zero-order chi connectivity index (χ0) is 16.3. The lowest BCUT2D eigenvalue weighted by molar-refractivity contribution is 0.0688. The van der Waals surface area contributed by atoms with Crippen molar-refractivity contribution in [3.63, 3.8) is 0 Å². The second-order valence-electron chi connectivity index (χ2n) is 5.48. The van der Waals surface area contributed by atoms with Crippen molar-refractivity contribution in [2.45, 2.75) is 26.4 Å². The molecule has 1 amide bonds. The molecule has 1 aromatic heterocycles. The van der Waals surface area contributed by atoms with E-state index in [0.717, 1.165) is 0 Å². The summed E-state index contributed by atoms with van der Waals surface area (Å²) in [5, 5.41) is 0. The Balaban J connectivity index is 2.31. The van der Waals surface area contributed by atoms with Crippen LogP contribution in [0.25, 0.3) is 0 Å². The number of aromatic nitrogens is 1. The number of aryl methyl sites for hydroxylation is 1. The number of carbonyl (C=O) groups is 1. The Morgan fingerprint density at radius 2 is 1.95 bits per heavy atom. The third-order valence-corrected chi connectivity index (χ3v) is 3.53. The van der Waals surface area contributed by atoms with Gasteiger partial charge in [-0.25, -0.2) is 4.39 Å². The number of amides is 1. The highest BCUT2D eigenvalue weighted by molar-refractivity contribution is 5.94. The molecule has 0 radical (unpaired) electrons. The molecule has 0 bridgehead atoms. The molecule has 0 aliphatic heterocycles. The van der Waals surface area contributed by atoms with Crippen LogP contribution in [0.4, 0.5) is 4.39 Å². The third-order valence-electron chi connectivity index (χ3n) is 3.53. The zero-order valence-electron chi connectivity index (χ0n) is 12.9. The van der Waals surface area contributed by atoms with E-state index in [4.69, 9.17) is 0 Å². The van der Waals surface area contributed by atoms with Gasteiger partial charge in [-0.2, -0.15) is 0 Å². The van der Waals surface area contributed by atoms with Gasteiger partial charge in [0.15, 0.2) is 0 Å². The van der Waals surface area contributed by atoms with Gasteiger partial charge >= 0.3 is 0 Å². The summed E-state index contributed by atoms with van der Waals surface area (Å²) in [6.45, 7) is 3.89. The Hall–Kier alpha value is -2.43. The van der Waals surface area contributed by atoms with E-state index in [0.29, 0.717) is 11.1 Å². The van der Waals surface area contributed by atoms with Gasteiger partial charge in [-0.05, 0) is 26.0 Å². The van der Waals surface area contributed by atoms with Gasteiger partial charge in [0.25, 0.3) is 11.5 Å². The Morgan fingerprint density at radius 1 is 1.27 bits per heavy atom. The van der Waals surface area contributed by atoms with Crippen LogP contribution in [0, 0.1) is 5.82 Å². The Labute approximate surface area is 128 Å². The molecule has 4 nitrogen and oxygen atoms in total. The fourth-order valence-electron chi connectivity index (χ4n) is 2.15. The van der Waals surface area contributed by atoms with Crippen molar-refractivity contribution in [1.29, 1.82) is 0 Å². The number of rotatable bonds is 4. The molecule has 5 heteroatoms. The number of benzene rings is 1. The van der Waals surface area contributed by atoms with E-state index < -0.39 is 0 Å². The van der Waals surface area contributed by atoms with Crippen LogP contribution in [0.5, 0.6) is 0 Å². The second-order valence-corrected chi connectivity index (χ2v) is 5.48. The molecule has 0 saturated heterocycles. The summed E-state index contributed by atoms with van der Waals surface area (Å²) >= 11 is 0. The number of pyridine rings is 1. The largest absolute Gasteiger partial charge is 0.332 e. The van der Waals surface area contributed by atoms with Gasteiger partial charge in [0.05, 0.1) is 0 Å². The molecule has 0 aliphatic carbocycles. The first kappa shape index (κ1) is 15.9. The van der Waals surface area contributed by atoms with Crippen molar-refractivity contribution in [3.05, 3.63) is 69.9 Å². The van der Waals surface area contributed by atoms with Crippen LogP contribution < -0.4 is 5.56 Å². The van der Waals surface area contributed by atoms with Crippen molar-refractivity contribution in [3.8, 4) is 0 Å². The topological polar surface area (TPSA) is 42.3 Å². The maximum Gasteiger partial charge on any atom is 0.254 e. The van der Waals surface area contributed by atoms with Crippen molar-refractivity contribution in [2.24, 2.45) is 7.05 Å². The molecule has 0 saturated carbocycles. The SMILES string of the molecule is CC(C)N(Cc1ccccc1F)C(=O)c1ccn(C)c(=O)c1. The van der Waals surface area contributed by atoms with E-state index in [1.165, 1.54) is 16.7 Å². The minimum absolute atomic E-state index is 0.115. The number of carbonyl (C=O) groups excluding carboxylic acids is 1. The average Bonchev–Trinajstić information content (AvgIpc) is 2.48.